The minimum Gasteiger partial charge on any atom is -0.313 e. The van der Waals surface area contributed by atoms with E-state index >= 15 is 0 Å². The van der Waals surface area contributed by atoms with Gasteiger partial charge in [-0.25, -0.2) is 4.39 Å². The quantitative estimate of drug-likeness (QED) is 0.835. The van der Waals surface area contributed by atoms with Gasteiger partial charge in [-0.2, -0.15) is 0 Å². The number of aromatic nitrogens is 1. The van der Waals surface area contributed by atoms with Gasteiger partial charge in [0.05, 0.1) is 17.9 Å². The third-order valence-electron chi connectivity index (χ3n) is 4.14. The summed E-state index contributed by atoms with van der Waals surface area (Å²) in [5.74, 6) is 0.349. The largest absolute Gasteiger partial charge is 0.313 e. The van der Waals surface area contributed by atoms with Gasteiger partial charge in [0, 0.05) is 19.1 Å². The van der Waals surface area contributed by atoms with E-state index in [0.717, 1.165) is 31.7 Å². The van der Waals surface area contributed by atoms with Crippen LogP contribution in [0.1, 0.15) is 51.8 Å². The van der Waals surface area contributed by atoms with E-state index in [9.17, 15) is 4.39 Å². The summed E-state index contributed by atoms with van der Waals surface area (Å²) < 4.78 is 13.1. The van der Waals surface area contributed by atoms with Crippen LogP contribution in [0.5, 0.6) is 0 Å². The van der Waals surface area contributed by atoms with Gasteiger partial charge in [0.15, 0.2) is 0 Å². The fraction of sp³-hybridized carbons (Fsp3) is 0.706. The number of halogens is 1. The molecule has 1 fully saturated rings. The van der Waals surface area contributed by atoms with Gasteiger partial charge < -0.3 is 5.32 Å². The summed E-state index contributed by atoms with van der Waals surface area (Å²) in [7, 11) is 0. The lowest BCUT2D eigenvalue weighted by molar-refractivity contribution is 0.153. The first-order valence-electron chi connectivity index (χ1n) is 8.19. The predicted octanol–water partition coefficient (Wildman–Crippen LogP) is 3.38. The normalized spacial score (nSPS) is 20.4. The molecule has 21 heavy (non-hydrogen) atoms. The van der Waals surface area contributed by atoms with E-state index in [1.54, 1.807) is 0 Å². The Morgan fingerprint density at radius 2 is 2.24 bits per heavy atom. The molecule has 2 rings (SSSR count). The van der Waals surface area contributed by atoms with Crippen molar-refractivity contribution in [2.24, 2.45) is 5.92 Å². The van der Waals surface area contributed by atoms with Crippen molar-refractivity contribution in [1.29, 1.82) is 0 Å². The molecule has 3 nitrogen and oxygen atoms in total. The fourth-order valence-electron chi connectivity index (χ4n) is 3.23. The fourth-order valence-corrected chi connectivity index (χ4v) is 3.23. The van der Waals surface area contributed by atoms with Crippen molar-refractivity contribution in [2.75, 3.05) is 19.6 Å². The monoisotopic (exact) mass is 293 g/mol. The average Bonchev–Trinajstić information content (AvgIpc) is 2.94. The molecule has 1 aliphatic rings. The smallest absolute Gasteiger partial charge is 0.141 e. The molecule has 2 unspecified atom stereocenters. The Bertz CT molecular complexity index is 413. The molecule has 1 aliphatic heterocycles. The number of hydrogen-bond donors (Lipinski definition) is 1. The molecule has 0 radical (unpaired) electrons. The molecule has 1 saturated heterocycles. The van der Waals surface area contributed by atoms with Crippen LogP contribution in [0, 0.1) is 11.7 Å². The maximum absolute atomic E-state index is 13.1. The zero-order valence-electron chi connectivity index (χ0n) is 13.5. The molecule has 118 valence electrons. The van der Waals surface area contributed by atoms with Gasteiger partial charge in [-0.15, -0.1) is 0 Å². The molecule has 0 aliphatic carbocycles. The van der Waals surface area contributed by atoms with Crippen molar-refractivity contribution in [1.82, 2.24) is 15.2 Å². The van der Waals surface area contributed by atoms with E-state index in [-0.39, 0.29) is 11.9 Å². The van der Waals surface area contributed by atoms with Crippen molar-refractivity contribution < 1.29 is 4.39 Å². The Balaban J connectivity index is 2.12. The first-order chi connectivity index (χ1) is 10.1. The summed E-state index contributed by atoms with van der Waals surface area (Å²) in [6.45, 7) is 9.92. The standard InChI is InChI=1S/C17H28FN3/c1-4-17(16-8-7-14(18)10-20-16)21(11-13(2)3)12-15-6-5-9-19-15/h7-8,10,13,15,17,19H,4-6,9,11-12H2,1-3H3. The highest BCUT2D eigenvalue weighted by atomic mass is 19.1. The SMILES string of the molecule is CCC(c1ccc(F)cn1)N(CC(C)C)CC1CCCN1. The van der Waals surface area contributed by atoms with Crippen LogP contribution in [-0.4, -0.2) is 35.6 Å². The topological polar surface area (TPSA) is 28.2 Å². The average molecular weight is 293 g/mol. The van der Waals surface area contributed by atoms with Gasteiger partial charge in [0.1, 0.15) is 5.82 Å². The number of hydrogen-bond acceptors (Lipinski definition) is 3. The molecule has 0 bridgehead atoms. The van der Waals surface area contributed by atoms with Crippen molar-refractivity contribution in [2.45, 2.75) is 52.1 Å². The molecule has 1 aromatic heterocycles. The van der Waals surface area contributed by atoms with Crippen LogP contribution >= 0.6 is 0 Å². The van der Waals surface area contributed by atoms with E-state index in [1.165, 1.54) is 25.1 Å². The van der Waals surface area contributed by atoms with Crippen LogP contribution in [0.3, 0.4) is 0 Å². The lowest BCUT2D eigenvalue weighted by Gasteiger charge is -2.34. The molecule has 0 spiro atoms. The predicted molar refractivity (Wildman–Crippen MR) is 84.7 cm³/mol. The summed E-state index contributed by atoms with van der Waals surface area (Å²) in [5.41, 5.74) is 0.984. The molecule has 0 saturated carbocycles. The minimum absolute atomic E-state index is 0.263. The van der Waals surface area contributed by atoms with E-state index in [4.69, 9.17) is 0 Å². The van der Waals surface area contributed by atoms with E-state index in [1.807, 2.05) is 6.07 Å². The molecule has 0 amide bonds. The second kappa shape index (κ2) is 7.85. The van der Waals surface area contributed by atoms with E-state index in [0.29, 0.717) is 12.0 Å². The zero-order chi connectivity index (χ0) is 15.2. The van der Waals surface area contributed by atoms with Gasteiger partial charge in [-0.3, -0.25) is 9.88 Å². The summed E-state index contributed by atoms with van der Waals surface area (Å²) in [5, 5.41) is 3.58. The Kier molecular flexibility index (Phi) is 6.12. The van der Waals surface area contributed by atoms with Crippen LogP contribution in [0.2, 0.25) is 0 Å². The van der Waals surface area contributed by atoms with Gasteiger partial charge in [-0.1, -0.05) is 20.8 Å². The highest BCUT2D eigenvalue weighted by Gasteiger charge is 2.25. The third kappa shape index (κ3) is 4.75. The van der Waals surface area contributed by atoms with E-state index < -0.39 is 0 Å². The molecule has 0 aromatic carbocycles. The Hall–Kier alpha value is -1.00. The van der Waals surface area contributed by atoms with Crippen molar-refractivity contribution in [3.63, 3.8) is 0 Å². The number of nitrogens with one attached hydrogen (secondary N) is 1. The lowest BCUT2D eigenvalue weighted by Crippen LogP contribution is -2.41. The minimum atomic E-state index is -0.263. The molecule has 1 N–H and O–H groups in total. The van der Waals surface area contributed by atoms with Gasteiger partial charge in [0.2, 0.25) is 0 Å². The van der Waals surface area contributed by atoms with Crippen molar-refractivity contribution in [3.8, 4) is 0 Å². The van der Waals surface area contributed by atoms with E-state index in [2.05, 4.69) is 36.0 Å². The Morgan fingerprint density at radius 1 is 1.43 bits per heavy atom. The van der Waals surface area contributed by atoms with Crippen LogP contribution < -0.4 is 5.32 Å². The number of pyridine rings is 1. The molecule has 1 aromatic rings. The summed E-state index contributed by atoms with van der Waals surface area (Å²) >= 11 is 0. The highest BCUT2D eigenvalue weighted by Crippen LogP contribution is 2.25. The summed E-state index contributed by atoms with van der Waals surface area (Å²) in [4.78, 5) is 6.84. The van der Waals surface area contributed by atoms with Crippen molar-refractivity contribution in [3.05, 3.63) is 29.8 Å². The second-order valence-electron chi connectivity index (χ2n) is 6.47. The summed E-state index contributed by atoms with van der Waals surface area (Å²) in [6, 6.07) is 4.21. The number of rotatable bonds is 7. The van der Waals surface area contributed by atoms with Crippen LogP contribution in [0.4, 0.5) is 4.39 Å². The van der Waals surface area contributed by atoms with Crippen molar-refractivity contribution >= 4 is 0 Å². The first kappa shape index (κ1) is 16.4. The Labute approximate surface area is 127 Å². The van der Waals surface area contributed by atoms with Crippen LogP contribution in [-0.2, 0) is 0 Å². The highest BCUT2D eigenvalue weighted by molar-refractivity contribution is 5.10. The van der Waals surface area contributed by atoms with Crippen LogP contribution in [0.15, 0.2) is 18.3 Å². The maximum Gasteiger partial charge on any atom is 0.141 e. The zero-order valence-corrected chi connectivity index (χ0v) is 13.5. The molecule has 4 heteroatoms. The van der Waals surface area contributed by atoms with Gasteiger partial charge in [0.25, 0.3) is 0 Å². The molecule has 2 atom stereocenters. The third-order valence-corrected chi connectivity index (χ3v) is 4.14. The molecular formula is C17H28FN3. The Morgan fingerprint density at radius 3 is 2.76 bits per heavy atom. The second-order valence-corrected chi connectivity index (χ2v) is 6.47. The van der Waals surface area contributed by atoms with Crippen LogP contribution in [0.25, 0.3) is 0 Å². The molecular weight excluding hydrogens is 265 g/mol. The first-order valence-corrected chi connectivity index (χ1v) is 8.19. The maximum atomic E-state index is 13.1. The van der Waals surface area contributed by atoms with Gasteiger partial charge >= 0.3 is 0 Å². The van der Waals surface area contributed by atoms with Gasteiger partial charge in [-0.05, 0) is 43.9 Å². The number of nitrogens with zero attached hydrogens (tertiary/aromatic N) is 2. The molecule has 2 heterocycles. The summed E-state index contributed by atoms with van der Waals surface area (Å²) in [6.07, 6.45) is 4.85. The lowest BCUT2D eigenvalue weighted by atomic mass is 10.0.